The molecule has 0 aliphatic carbocycles. The van der Waals surface area contributed by atoms with Crippen LogP contribution in [-0.4, -0.2) is 5.78 Å². The Hall–Kier alpha value is -2.24. The smallest absolute Gasteiger partial charge is 0.163 e. The van der Waals surface area contributed by atoms with Crippen molar-refractivity contribution < 1.29 is 4.79 Å². The van der Waals surface area contributed by atoms with E-state index >= 15 is 0 Å². The Balaban J connectivity index is 2.20. The van der Waals surface area contributed by atoms with E-state index in [1.807, 2.05) is 37.3 Å². The zero-order valence-corrected chi connectivity index (χ0v) is 14.0. The summed E-state index contributed by atoms with van der Waals surface area (Å²) in [6.07, 6.45) is 0.532. The van der Waals surface area contributed by atoms with Gasteiger partial charge in [0.1, 0.15) is 0 Å². The summed E-state index contributed by atoms with van der Waals surface area (Å²) in [4.78, 5) is 12.4. The second-order valence-electron chi connectivity index (χ2n) is 5.30. The van der Waals surface area contributed by atoms with Crippen LogP contribution < -0.4 is 15.9 Å². The fourth-order valence-corrected chi connectivity index (χ4v) is 5.15. The van der Waals surface area contributed by atoms with Crippen molar-refractivity contribution in [3.63, 3.8) is 0 Å². The van der Waals surface area contributed by atoms with Gasteiger partial charge < -0.3 is 0 Å². The lowest BCUT2D eigenvalue weighted by molar-refractivity contribution is 0.0989. The first-order valence-corrected chi connectivity index (χ1v) is 9.18. The van der Waals surface area contributed by atoms with Crippen LogP contribution >= 0.6 is 7.92 Å². The second kappa shape index (κ2) is 7.35. The van der Waals surface area contributed by atoms with Crippen molar-refractivity contribution in [1.82, 2.24) is 0 Å². The number of carbonyl (C=O) groups excluding carboxylic acids is 1. The van der Waals surface area contributed by atoms with Gasteiger partial charge >= 0.3 is 0 Å². The van der Waals surface area contributed by atoms with Crippen LogP contribution in [0.1, 0.15) is 23.7 Å². The highest BCUT2D eigenvalue weighted by atomic mass is 31.1. The summed E-state index contributed by atoms with van der Waals surface area (Å²) in [5, 5.41) is 3.68. The third-order valence-corrected chi connectivity index (χ3v) is 6.30. The van der Waals surface area contributed by atoms with Gasteiger partial charge in [-0.2, -0.15) is 0 Å². The summed E-state index contributed by atoms with van der Waals surface area (Å²) in [7, 11) is -0.726. The molecular weight excluding hydrogens is 299 g/mol. The minimum Gasteiger partial charge on any atom is -0.294 e. The molecule has 0 saturated carbocycles. The van der Waals surface area contributed by atoms with Crippen LogP contribution in [0.4, 0.5) is 0 Å². The molecule has 0 spiro atoms. The van der Waals surface area contributed by atoms with Gasteiger partial charge in [-0.25, -0.2) is 0 Å². The molecule has 114 valence electrons. The van der Waals surface area contributed by atoms with Crippen LogP contribution in [0.2, 0.25) is 0 Å². The van der Waals surface area contributed by atoms with Crippen molar-refractivity contribution in [3.8, 4) is 0 Å². The molecule has 3 aromatic carbocycles. The minimum atomic E-state index is -0.726. The molecule has 0 unspecified atom stereocenters. The summed E-state index contributed by atoms with van der Waals surface area (Å²) in [5.41, 5.74) is 0.855. The first-order chi connectivity index (χ1) is 11.3. The van der Waals surface area contributed by atoms with E-state index in [1.54, 1.807) is 0 Å². The summed E-state index contributed by atoms with van der Waals surface area (Å²) >= 11 is 0. The number of carbonyl (C=O) groups is 1. The fourth-order valence-electron chi connectivity index (χ4n) is 2.68. The van der Waals surface area contributed by atoms with Gasteiger partial charge in [0.25, 0.3) is 0 Å². The molecule has 0 aromatic heterocycles. The molecule has 0 atom stereocenters. The first-order valence-electron chi connectivity index (χ1n) is 7.83. The molecule has 1 nitrogen and oxygen atoms in total. The standard InChI is InChI=1S/C21H19OP/c1-2-20(22)19-15-9-10-16-21(19)23(17-11-5-3-6-12-17)18-13-7-4-8-14-18/h3-16H,2H2,1H3. The van der Waals surface area contributed by atoms with E-state index in [0.29, 0.717) is 6.42 Å². The zero-order chi connectivity index (χ0) is 16.1. The lowest BCUT2D eigenvalue weighted by Gasteiger charge is -2.21. The van der Waals surface area contributed by atoms with Gasteiger partial charge in [-0.1, -0.05) is 91.9 Å². The summed E-state index contributed by atoms with van der Waals surface area (Å²) in [6.45, 7) is 1.92. The topological polar surface area (TPSA) is 17.1 Å². The van der Waals surface area contributed by atoms with Gasteiger partial charge in [0.05, 0.1) is 0 Å². The molecule has 0 bridgehead atoms. The molecule has 2 heteroatoms. The van der Waals surface area contributed by atoms with E-state index < -0.39 is 7.92 Å². The van der Waals surface area contributed by atoms with Crippen molar-refractivity contribution in [1.29, 1.82) is 0 Å². The highest BCUT2D eigenvalue weighted by molar-refractivity contribution is 7.80. The Labute approximate surface area is 138 Å². The highest BCUT2D eigenvalue weighted by Gasteiger charge is 2.21. The van der Waals surface area contributed by atoms with E-state index in [9.17, 15) is 4.79 Å². The Morgan fingerprint density at radius 3 is 1.74 bits per heavy atom. The largest absolute Gasteiger partial charge is 0.294 e. The van der Waals surface area contributed by atoms with E-state index in [0.717, 1.165) is 10.9 Å². The number of ketones is 1. The van der Waals surface area contributed by atoms with Crippen LogP contribution in [-0.2, 0) is 0 Å². The maximum atomic E-state index is 12.4. The molecule has 0 amide bonds. The molecule has 0 aliphatic rings. The summed E-state index contributed by atoms with van der Waals surface area (Å²) < 4.78 is 0. The Kier molecular flexibility index (Phi) is 5.00. The Bertz CT molecular complexity index is 742. The molecule has 3 aromatic rings. The number of benzene rings is 3. The van der Waals surface area contributed by atoms with Crippen LogP contribution in [0.15, 0.2) is 84.9 Å². The molecule has 3 rings (SSSR count). The molecule has 0 N–H and O–H groups in total. The molecule has 0 fully saturated rings. The second-order valence-corrected chi connectivity index (χ2v) is 7.49. The predicted molar refractivity (Wildman–Crippen MR) is 99.8 cm³/mol. The van der Waals surface area contributed by atoms with Crippen molar-refractivity contribution in [2.75, 3.05) is 0 Å². The van der Waals surface area contributed by atoms with Crippen molar-refractivity contribution in [2.24, 2.45) is 0 Å². The normalized spacial score (nSPS) is 10.7. The predicted octanol–water partition coefficient (Wildman–Crippen LogP) is 4.04. The molecular formula is C21H19OP. The maximum absolute atomic E-state index is 12.4. The fraction of sp³-hybridized carbons (Fsp3) is 0.0952. The highest BCUT2D eigenvalue weighted by Crippen LogP contribution is 2.34. The Morgan fingerprint density at radius 2 is 1.22 bits per heavy atom. The number of hydrogen-bond acceptors (Lipinski definition) is 1. The van der Waals surface area contributed by atoms with Crippen LogP contribution in [0.5, 0.6) is 0 Å². The van der Waals surface area contributed by atoms with Crippen molar-refractivity contribution >= 4 is 29.6 Å². The molecule has 23 heavy (non-hydrogen) atoms. The Morgan fingerprint density at radius 1 is 0.739 bits per heavy atom. The van der Waals surface area contributed by atoms with Gasteiger partial charge in [0.15, 0.2) is 5.78 Å². The molecule has 0 radical (unpaired) electrons. The quantitative estimate of drug-likeness (QED) is 0.512. The average Bonchev–Trinajstić information content (AvgIpc) is 2.63. The van der Waals surface area contributed by atoms with Crippen LogP contribution in [0, 0.1) is 0 Å². The van der Waals surface area contributed by atoms with Gasteiger partial charge in [-0.05, 0) is 23.8 Å². The van der Waals surface area contributed by atoms with E-state index in [1.165, 1.54) is 10.6 Å². The van der Waals surface area contributed by atoms with Gasteiger partial charge in [-0.15, -0.1) is 0 Å². The van der Waals surface area contributed by atoms with Gasteiger partial charge in [-0.3, -0.25) is 4.79 Å². The van der Waals surface area contributed by atoms with Crippen molar-refractivity contribution in [2.45, 2.75) is 13.3 Å². The number of hydrogen-bond donors (Lipinski definition) is 0. The summed E-state index contributed by atoms with van der Waals surface area (Å²) in [6, 6.07) is 29.0. The zero-order valence-electron chi connectivity index (χ0n) is 13.1. The minimum absolute atomic E-state index is 0.208. The number of Topliss-reactive ketones (excluding diaryl/α,β-unsaturated/α-hetero) is 1. The number of rotatable bonds is 5. The third-order valence-electron chi connectivity index (χ3n) is 3.80. The van der Waals surface area contributed by atoms with Gasteiger partial charge in [0.2, 0.25) is 0 Å². The molecule has 0 saturated heterocycles. The van der Waals surface area contributed by atoms with Gasteiger partial charge in [0, 0.05) is 12.0 Å². The van der Waals surface area contributed by atoms with E-state index in [4.69, 9.17) is 0 Å². The van der Waals surface area contributed by atoms with Crippen LogP contribution in [0.3, 0.4) is 0 Å². The van der Waals surface area contributed by atoms with Crippen molar-refractivity contribution in [3.05, 3.63) is 90.5 Å². The first kappa shape index (κ1) is 15.6. The third kappa shape index (κ3) is 3.41. The summed E-state index contributed by atoms with van der Waals surface area (Å²) in [5.74, 6) is 0.208. The molecule has 0 heterocycles. The average molecular weight is 318 g/mol. The van der Waals surface area contributed by atoms with Crippen LogP contribution in [0.25, 0.3) is 0 Å². The van der Waals surface area contributed by atoms with E-state index in [2.05, 4.69) is 54.6 Å². The monoisotopic (exact) mass is 318 g/mol. The molecule has 0 aliphatic heterocycles. The lowest BCUT2D eigenvalue weighted by Crippen LogP contribution is -2.24. The lowest BCUT2D eigenvalue weighted by atomic mass is 10.1. The SMILES string of the molecule is CCC(=O)c1ccccc1P(c1ccccc1)c1ccccc1. The maximum Gasteiger partial charge on any atom is 0.163 e. The van der Waals surface area contributed by atoms with E-state index in [-0.39, 0.29) is 5.78 Å².